The van der Waals surface area contributed by atoms with Crippen molar-refractivity contribution in [3.05, 3.63) is 46.1 Å². The van der Waals surface area contributed by atoms with Crippen molar-refractivity contribution in [2.45, 2.75) is 44.6 Å². The lowest BCUT2D eigenvalue weighted by molar-refractivity contribution is -0.125. The average molecular weight is 423 g/mol. The second kappa shape index (κ2) is 8.22. The van der Waals surface area contributed by atoms with Crippen molar-refractivity contribution in [1.82, 2.24) is 15.3 Å². The number of aromatic nitrogens is 2. The van der Waals surface area contributed by atoms with Gasteiger partial charge in [0.25, 0.3) is 5.56 Å². The average Bonchev–Trinajstić information content (AvgIpc) is 3.44. The fourth-order valence-electron chi connectivity index (χ4n) is 4.66. The number of fused-ring (bicyclic) bond motifs is 1. The van der Waals surface area contributed by atoms with Gasteiger partial charge in [0, 0.05) is 30.1 Å². The molecule has 3 heterocycles. The van der Waals surface area contributed by atoms with E-state index in [0.717, 1.165) is 48.9 Å². The van der Waals surface area contributed by atoms with Crippen LogP contribution in [0, 0.1) is 5.92 Å². The van der Waals surface area contributed by atoms with Crippen LogP contribution in [0.25, 0.3) is 21.3 Å². The Morgan fingerprint density at radius 1 is 1.13 bits per heavy atom. The molecule has 2 aromatic heterocycles. The molecular formula is C23H26N4O2S. The number of hydrogen-bond acceptors (Lipinski definition) is 5. The standard InChI is InChI=1S/C23H26N4O2S/c28-21(24-17-10-4-5-11-17)16-9-6-12-27(13-16)23-25-19-18(15-7-2-1-3-8-15)14-30-20(19)22(29)26-23/h1-3,7-8,14,16-17H,4-6,9-13H2,(H,24,28)(H,25,26,29)/t16-/m1/s1. The number of nitrogens with one attached hydrogen (secondary N) is 2. The molecule has 1 saturated heterocycles. The number of amides is 1. The van der Waals surface area contributed by atoms with Crippen LogP contribution in [0.5, 0.6) is 0 Å². The summed E-state index contributed by atoms with van der Waals surface area (Å²) in [5.41, 5.74) is 2.66. The predicted molar refractivity (Wildman–Crippen MR) is 121 cm³/mol. The van der Waals surface area contributed by atoms with Crippen LogP contribution in [0.15, 0.2) is 40.5 Å². The highest BCUT2D eigenvalue weighted by molar-refractivity contribution is 7.17. The van der Waals surface area contributed by atoms with Crippen LogP contribution in [-0.2, 0) is 4.79 Å². The second-order valence-corrected chi connectivity index (χ2v) is 9.24. The second-order valence-electron chi connectivity index (χ2n) is 8.36. The molecule has 156 valence electrons. The highest BCUT2D eigenvalue weighted by Gasteiger charge is 2.29. The third-order valence-electron chi connectivity index (χ3n) is 6.29. The maximum absolute atomic E-state index is 12.8. The number of benzene rings is 1. The fraction of sp³-hybridized carbons (Fsp3) is 0.435. The molecule has 1 atom stereocenters. The number of anilines is 1. The van der Waals surface area contributed by atoms with E-state index in [1.54, 1.807) is 0 Å². The minimum Gasteiger partial charge on any atom is -0.353 e. The van der Waals surface area contributed by atoms with Crippen LogP contribution in [0.4, 0.5) is 5.95 Å². The molecule has 30 heavy (non-hydrogen) atoms. The Balaban J connectivity index is 1.41. The molecule has 1 amide bonds. The number of carbonyl (C=O) groups excluding carboxylic acids is 1. The lowest BCUT2D eigenvalue weighted by Gasteiger charge is -2.33. The van der Waals surface area contributed by atoms with Gasteiger partial charge in [0.05, 0.1) is 11.4 Å². The molecular weight excluding hydrogens is 396 g/mol. The van der Waals surface area contributed by atoms with Gasteiger partial charge in [-0.05, 0) is 31.2 Å². The van der Waals surface area contributed by atoms with E-state index in [-0.39, 0.29) is 17.4 Å². The van der Waals surface area contributed by atoms with E-state index in [0.29, 0.717) is 23.2 Å². The van der Waals surface area contributed by atoms with Crippen molar-refractivity contribution >= 4 is 33.4 Å². The van der Waals surface area contributed by atoms with Crippen molar-refractivity contribution in [2.24, 2.45) is 5.92 Å². The van der Waals surface area contributed by atoms with E-state index >= 15 is 0 Å². The molecule has 6 nitrogen and oxygen atoms in total. The summed E-state index contributed by atoms with van der Waals surface area (Å²) in [7, 11) is 0. The molecule has 1 aliphatic heterocycles. The minimum atomic E-state index is -0.111. The Kier molecular flexibility index (Phi) is 5.29. The number of nitrogens with zero attached hydrogens (tertiary/aromatic N) is 2. The largest absolute Gasteiger partial charge is 0.353 e. The van der Waals surface area contributed by atoms with Crippen LogP contribution < -0.4 is 15.8 Å². The van der Waals surface area contributed by atoms with E-state index in [2.05, 4.69) is 15.2 Å². The highest BCUT2D eigenvalue weighted by Crippen LogP contribution is 2.32. The third-order valence-corrected chi connectivity index (χ3v) is 7.26. The van der Waals surface area contributed by atoms with Gasteiger partial charge in [0.15, 0.2) is 0 Å². The number of rotatable bonds is 4. The molecule has 0 spiro atoms. The monoisotopic (exact) mass is 422 g/mol. The molecule has 1 aliphatic carbocycles. The molecule has 0 radical (unpaired) electrons. The molecule has 1 saturated carbocycles. The van der Waals surface area contributed by atoms with E-state index in [1.165, 1.54) is 24.2 Å². The van der Waals surface area contributed by atoms with Crippen molar-refractivity contribution in [3.8, 4) is 11.1 Å². The van der Waals surface area contributed by atoms with Gasteiger partial charge in [0.1, 0.15) is 4.70 Å². The summed E-state index contributed by atoms with van der Waals surface area (Å²) in [6.45, 7) is 1.39. The number of H-pyrrole nitrogens is 1. The fourth-order valence-corrected chi connectivity index (χ4v) is 5.57. The number of aromatic amines is 1. The van der Waals surface area contributed by atoms with Crippen LogP contribution in [0.3, 0.4) is 0 Å². The van der Waals surface area contributed by atoms with Crippen LogP contribution in [0.2, 0.25) is 0 Å². The van der Waals surface area contributed by atoms with E-state index < -0.39 is 0 Å². The third kappa shape index (κ3) is 3.74. The molecule has 2 N–H and O–H groups in total. The van der Waals surface area contributed by atoms with Crippen molar-refractivity contribution in [1.29, 1.82) is 0 Å². The van der Waals surface area contributed by atoms with Crippen LogP contribution in [-0.4, -0.2) is 35.0 Å². The normalized spacial score (nSPS) is 20.0. The van der Waals surface area contributed by atoms with Gasteiger partial charge in [-0.15, -0.1) is 11.3 Å². The summed E-state index contributed by atoms with van der Waals surface area (Å²) >= 11 is 1.43. The number of hydrogen-bond donors (Lipinski definition) is 2. The summed E-state index contributed by atoms with van der Waals surface area (Å²) in [5, 5.41) is 5.23. The summed E-state index contributed by atoms with van der Waals surface area (Å²) in [6.07, 6.45) is 6.39. The van der Waals surface area contributed by atoms with Gasteiger partial charge < -0.3 is 10.2 Å². The van der Waals surface area contributed by atoms with Gasteiger partial charge in [-0.3, -0.25) is 14.6 Å². The van der Waals surface area contributed by atoms with Crippen molar-refractivity contribution < 1.29 is 4.79 Å². The van der Waals surface area contributed by atoms with E-state index in [1.807, 2.05) is 35.7 Å². The molecule has 3 aromatic rings. The van der Waals surface area contributed by atoms with Gasteiger partial charge in [-0.2, -0.15) is 0 Å². The van der Waals surface area contributed by atoms with Crippen molar-refractivity contribution in [3.63, 3.8) is 0 Å². The first-order chi connectivity index (χ1) is 14.7. The maximum Gasteiger partial charge on any atom is 0.270 e. The Labute approximate surface area is 179 Å². The zero-order valence-corrected chi connectivity index (χ0v) is 17.7. The summed E-state index contributed by atoms with van der Waals surface area (Å²) < 4.78 is 0.644. The number of carbonyl (C=O) groups is 1. The zero-order chi connectivity index (χ0) is 20.5. The molecule has 1 aromatic carbocycles. The Morgan fingerprint density at radius 2 is 1.93 bits per heavy atom. The quantitative estimate of drug-likeness (QED) is 0.668. The van der Waals surface area contributed by atoms with E-state index in [4.69, 9.17) is 4.98 Å². The molecule has 2 fully saturated rings. The first kappa shape index (κ1) is 19.3. The molecule has 0 bridgehead atoms. The zero-order valence-electron chi connectivity index (χ0n) is 16.9. The van der Waals surface area contributed by atoms with Gasteiger partial charge >= 0.3 is 0 Å². The van der Waals surface area contributed by atoms with Gasteiger partial charge in [-0.1, -0.05) is 43.2 Å². The topological polar surface area (TPSA) is 78.1 Å². The smallest absolute Gasteiger partial charge is 0.270 e. The molecule has 5 rings (SSSR count). The first-order valence-corrected chi connectivity index (χ1v) is 11.7. The minimum absolute atomic E-state index is 0.0589. The molecule has 2 aliphatic rings. The molecule has 7 heteroatoms. The Bertz CT molecular complexity index is 1100. The highest BCUT2D eigenvalue weighted by atomic mass is 32.1. The lowest BCUT2D eigenvalue weighted by Crippen LogP contribution is -2.46. The number of piperidine rings is 1. The van der Waals surface area contributed by atoms with Gasteiger partial charge in [0.2, 0.25) is 11.9 Å². The van der Waals surface area contributed by atoms with E-state index in [9.17, 15) is 9.59 Å². The van der Waals surface area contributed by atoms with Crippen LogP contribution in [0.1, 0.15) is 38.5 Å². The maximum atomic E-state index is 12.8. The Hall–Kier alpha value is -2.67. The summed E-state index contributed by atoms with van der Waals surface area (Å²) in [4.78, 5) is 35.4. The Morgan fingerprint density at radius 3 is 2.73 bits per heavy atom. The predicted octanol–water partition coefficient (Wildman–Crippen LogP) is 3.93. The lowest BCUT2D eigenvalue weighted by atomic mass is 9.97. The summed E-state index contributed by atoms with van der Waals surface area (Å²) in [6, 6.07) is 10.4. The van der Waals surface area contributed by atoms with Crippen molar-refractivity contribution in [2.75, 3.05) is 18.0 Å². The first-order valence-electron chi connectivity index (χ1n) is 10.8. The van der Waals surface area contributed by atoms with Crippen LogP contribution >= 0.6 is 11.3 Å². The number of thiophene rings is 1. The summed E-state index contributed by atoms with van der Waals surface area (Å²) in [5.74, 6) is 0.661. The van der Waals surface area contributed by atoms with Gasteiger partial charge in [-0.25, -0.2) is 4.98 Å². The molecule has 0 unspecified atom stereocenters. The SMILES string of the molecule is O=C(NC1CCCC1)[C@@H]1CCCN(c2nc3c(-c4ccccc4)csc3c(=O)[nH]2)C1.